The molecular weight excluding hydrogens is 356 g/mol. The van der Waals surface area contributed by atoms with Crippen LogP contribution in [0.5, 0.6) is 5.75 Å². The minimum absolute atomic E-state index is 0.0250. The van der Waals surface area contributed by atoms with E-state index in [0.717, 1.165) is 27.1 Å². The van der Waals surface area contributed by atoms with Gasteiger partial charge in [0.05, 0.1) is 12.5 Å². The first-order chi connectivity index (χ1) is 12.0. The Bertz CT molecular complexity index is 1020. The van der Waals surface area contributed by atoms with E-state index in [-0.39, 0.29) is 5.56 Å². The van der Waals surface area contributed by atoms with Gasteiger partial charge in [-0.1, -0.05) is 11.8 Å². The number of aromatic nitrogens is 2. The van der Waals surface area contributed by atoms with Gasteiger partial charge in [0.25, 0.3) is 5.56 Å². The Labute approximate surface area is 153 Å². The molecule has 0 saturated carbocycles. The predicted octanol–water partition coefficient (Wildman–Crippen LogP) is 3.73. The molecule has 1 aromatic carbocycles. The lowest BCUT2D eigenvalue weighted by molar-refractivity contribution is 0.112. The Morgan fingerprint density at radius 3 is 2.80 bits per heavy atom. The van der Waals surface area contributed by atoms with Gasteiger partial charge in [-0.2, -0.15) is 0 Å². The summed E-state index contributed by atoms with van der Waals surface area (Å²) in [5, 5.41) is 1.35. The number of ether oxygens (including phenoxy) is 1. The summed E-state index contributed by atoms with van der Waals surface area (Å²) < 4.78 is 6.95. The highest BCUT2D eigenvalue weighted by Gasteiger charge is 2.15. The number of carbonyl (C=O) groups excluding carboxylic acids is 1. The second-order valence-electron chi connectivity index (χ2n) is 5.70. The second-order valence-corrected chi connectivity index (χ2v) is 7.85. The van der Waals surface area contributed by atoms with Crippen LogP contribution in [0.2, 0.25) is 0 Å². The molecule has 0 radical (unpaired) electrons. The molecule has 25 heavy (non-hydrogen) atoms. The van der Waals surface area contributed by atoms with Crippen LogP contribution in [0.3, 0.4) is 0 Å². The highest BCUT2D eigenvalue weighted by Crippen LogP contribution is 2.31. The van der Waals surface area contributed by atoms with E-state index in [4.69, 9.17) is 4.74 Å². The Morgan fingerprint density at radius 2 is 2.12 bits per heavy atom. The van der Waals surface area contributed by atoms with Crippen molar-refractivity contribution in [2.24, 2.45) is 7.05 Å². The molecule has 0 bridgehead atoms. The number of hydrogen-bond acceptors (Lipinski definition) is 6. The Balaban J connectivity index is 1.98. The summed E-state index contributed by atoms with van der Waals surface area (Å²) in [7, 11) is 3.34. The number of benzene rings is 1. The highest BCUT2D eigenvalue weighted by atomic mass is 32.2. The van der Waals surface area contributed by atoms with Crippen LogP contribution in [0.25, 0.3) is 10.2 Å². The number of rotatable bonds is 5. The summed E-state index contributed by atoms with van der Waals surface area (Å²) >= 11 is 3.00. The third-order valence-electron chi connectivity index (χ3n) is 4.17. The van der Waals surface area contributed by atoms with Crippen LogP contribution >= 0.6 is 23.1 Å². The smallest absolute Gasteiger partial charge is 0.262 e. The van der Waals surface area contributed by atoms with E-state index >= 15 is 0 Å². The van der Waals surface area contributed by atoms with Crippen molar-refractivity contribution in [1.29, 1.82) is 0 Å². The summed E-state index contributed by atoms with van der Waals surface area (Å²) in [4.78, 5) is 30.2. The molecule has 0 spiro atoms. The van der Waals surface area contributed by atoms with Gasteiger partial charge in [-0.25, -0.2) is 4.98 Å². The fourth-order valence-corrected chi connectivity index (χ4v) is 4.63. The van der Waals surface area contributed by atoms with E-state index in [1.54, 1.807) is 48.3 Å². The van der Waals surface area contributed by atoms with E-state index < -0.39 is 0 Å². The van der Waals surface area contributed by atoms with Gasteiger partial charge < -0.3 is 4.74 Å². The van der Waals surface area contributed by atoms with Crippen molar-refractivity contribution in [2.45, 2.75) is 24.8 Å². The normalized spacial score (nSPS) is 11.0. The topological polar surface area (TPSA) is 61.2 Å². The quantitative estimate of drug-likeness (QED) is 0.387. The van der Waals surface area contributed by atoms with Gasteiger partial charge in [-0.05, 0) is 37.6 Å². The Morgan fingerprint density at radius 1 is 1.36 bits per heavy atom. The molecule has 0 amide bonds. The van der Waals surface area contributed by atoms with E-state index in [1.807, 2.05) is 13.8 Å². The average Bonchev–Trinajstić information content (AvgIpc) is 2.90. The lowest BCUT2D eigenvalue weighted by Crippen LogP contribution is -2.19. The maximum Gasteiger partial charge on any atom is 0.262 e. The van der Waals surface area contributed by atoms with Gasteiger partial charge >= 0.3 is 0 Å². The number of nitrogens with zero attached hydrogens (tertiary/aromatic N) is 2. The standard InChI is InChI=1S/C18H18N2O3S2/c1-10-11(2)25-16-15(10)17(22)20(3)18(19-16)24-9-13-7-12(8-21)5-6-14(13)23-4/h5-8H,9H2,1-4H3. The van der Waals surface area contributed by atoms with Crippen molar-refractivity contribution in [2.75, 3.05) is 7.11 Å². The molecule has 0 aliphatic heterocycles. The lowest BCUT2D eigenvalue weighted by atomic mass is 10.1. The summed E-state index contributed by atoms with van der Waals surface area (Å²) in [6.07, 6.45) is 0.810. The average molecular weight is 374 g/mol. The largest absolute Gasteiger partial charge is 0.496 e. The number of fused-ring (bicyclic) bond motifs is 1. The number of aryl methyl sites for hydroxylation is 2. The zero-order valence-corrected chi connectivity index (χ0v) is 16.1. The van der Waals surface area contributed by atoms with Crippen LogP contribution in [0.15, 0.2) is 28.2 Å². The lowest BCUT2D eigenvalue weighted by Gasteiger charge is -2.10. The Kier molecular flexibility index (Phi) is 4.96. The fraction of sp³-hybridized carbons (Fsp3) is 0.278. The fourth-order valence-electron chi connectivity index (χ4n) is 2.61. The molecule has 0 saturated heterocycles. The minimum atomic E-state index is -0.0250. The van der Waals surface area contributed by atoms with Gasteiger partial charge in [-0.15, -0.1) is 11.3 Å². The second kappa shape index (κ2) is 7.01. The third kappa shape index (κ3) is 3.21. The molecule has 0 N–H and O–H groups in total. The van der Waals surface area contributed by atoms with E-state index in [9.17, 15) is 9.59 Å². The van der Waals surface area contributed by atoms with E-state index in [1.165, 1.54) is 11.8 Å². The predicted molar refractivity (Wildman–Crippen MR) is 102 cm³/mol. The van der Waals surface area contributed by atoms with Crippen molar-refractivity contribution >= 4 is 39.6 Å². The molecule has 130 valence electrons. The van der Waals surface area contributed by atoms with Crippen molar-refractivity contribution in [1.82, 2.24) is 9.55 Å². The summed E-state index contributed by atoms with van der Waals surface area (Å²) in [6.45, 7) is 3.96. The first-order valence-electron chi connectivity index (χ1n) is 7.68. The number of methoxy groups -OCH3 is 1. The Hall–Kier alpha value is -2.12. The summed E-state index contributed by atoms with van der Waals surface area (Å²) in [6, 6.07) is 5.30. The first kappa shape index (κ1) is 17.7. The molecule has 0 aliphatic rings. The number of aldehydes is 1. The van der Waals surface area contributed by atoms with Gasteiger partial charge in [0.1, 0.15) is 16.9 Å². The molecule has 3 aromatic rings. The number of thiophene rings is 1. The van der Waals surface area contributed by atoms with Crippen LogP contribution in [0, 0.1) is 13.8 Å². The maximum absolute atomic E-state index is 12.7. The number of hydrogen-bond donors (Lipinski definition) is 0. The van der Waals surface area contributed by atoms with Crippen LogP contribution in [0.4, 0.5) is 0 Å². The molecule has 0 atom stereocenters. The van der Waals surface area contributed by atoms with Crippen molar-refractivity contribution < 1.29 is 9.53 Å². The molecule has 0 aliphatic carbocycles. The van der Waals surface area contributed by atoms with Crippen LogP contribution in [-0.2, 0) is 12.8 Å². The molecule has 0 unspecified atom stereocenters. The zero-order chi connectivity index (χ0) is 18.1. The van der Waals surface area contributed by atoms with Crippen molar-refractivity contribution in [3.05, 3.63) is 50.1 Å². The van der Waals surface area contributed by atoms with Crippen molar-refractivity contribution in [3.8, 4) is 5.75 Å². The SMILES string of the molecule is COc1ccc(C=O)cc1CSc1nc2sc(C)c(C)c2c(=O)n1C. The highest BCUT2D eigenvalue weighted by molar-refractivity contribution is 7.98. The summed E-state index contributed by atoms with van der Waals surface area (Å²) in [5.41, 5.74) is 2.47. The first-order valence-corrected chi connectivity index (χ1v) is 9.48. The maximum atomic E-state index is 12.7. The molecule has 3 rings (SSSR count). The van der Waals surface area contributed by atoms with Crippen LogP contribution in [-0.4, -0.2) is 22.9 Å². The van der Waals surface area contributed by atoms with Crippen molar-refractivity contribution in [3.63, 3.8) is 0 Å². The number of carbonyl (C=O) groups is 1. The van der Waals surface area contributed by atoms with Crippen LogP contribution < -0.4 is 10.3 Å². The van der Waals surface area contributed by atoms with Gasteiger partial charge in [0, 0.05) is 28.8 Å². The van der Waals surface area contributed by atoms with Gasteiger partial charge in [0.15, 0.2) is 5.16 Å². The van der Waals surface area contributed by atoms with E-state index in [0.29, 0.717) is 27.6 Å². The number of thioether (sulfide) groups is 1. The molecule has 2 aromatic heterocycles. The molecule has 5 nitrogen and oxygen atoms in total. The minimum Gasteiger partial charge on any atom is -0.496 e. The van der Waals surface area contributed by atoms with Gasteiger partial charge in [0.2, 0.25) is 0 Å². The zero-order valence-electron chi connectivity index (χ0n) is 14.5. The molecule has 7 heteroatoms. The molecular formula is C18H18N2O3S2. The third-order valence-corrected chi connectivity index (χ3v) is 6.35. The van der Waals surface area contributed by atoms with Gasteiger partial charge in [-0.3, -0.25) is 14.2 Å². The summed E-state index contributed by atoms with van der Waals surface area (Å²) in [5.74, 6) is 1.27. The molecule has 2 heterocycles. The molecule has 0 fully saturated rings. The van der Waals surface area contributed by atoms with E-state index in [2.05, 4.69) is 4.98 Å². The monoisotopic (exact) mass is 374 g/mol. The van der Waals surface area contributed by atoms with Crippen LogP contribution in [0.1, 0.15) is 26.4 Å².